The fourth-order valence-corrected chi connectivity index (χ4v) is 4.18. The predicted molar refractivity (Wildman–Crippen MR) is 124 cm³/mol. The average molecular weight is 460 g/mol. The van der Waals surface area contributed by atoms with Crippen molar-refractivity contribution in [2.75, 3.05) is 13.2 Å². The molecule has 0 saturated carbocycles. The minimum Gasteiger partial charge on any atom is -0.444 e. The molecule has 0 aliphatic carbocycles. The third-order valence-electron chi connectivity index (χ3n) is 5.95. The van der Waals surface area contributed by atoms with E-state index in [0.717, 1.165) is 24.0 Å². The van der Waals surface area contributed by atoms with Gasteiger partial charge in [0.05, 0.1) is 12.6 Å². The molecule has 0 bridgehead atoms. The maximum atomic E-state index is 13.4. The number of fused-ring (bicyclic) bond motifs is 1. The van der Waals surface area contributed by atoms with Crippen molar-refractivity contribution in [2.45, 2.75) is 84.2 Å². The number of nitrogens with zero attached hydrogens (tertiary/aromatic N) is 1. The molecule has 1 aromatic rings. The predicted octanol–water partition coefficient (Wildman–Crippen LogP) is 2.78. The number of rotatable bonds is 6. The van der Waals surface area contributed by atoms with E-state index in [-0.39, 0.29) is 30.4 Å². The molecule has 1 fully saturated rings. The van der Waals surface area contributed by atoms with Gasteiger partial charge in [-0.15, -0.1) is 0 Å². The maximum absolute atomic E-state index is 13.4. The van der Waals surface area contributed by atoms with E-state index < -0.39 is 23.8 Å². The van der Waals surface area contributed by atoms with Gasteiger partial charge in [0.1, 0.15) is 17.7 Å². The highest BCUT2D eigenvalue weighted by atomic mass is 16.6. The number of amides is 3. The number of carbonyl (C=O) groups excluding carboxylic acids is 3. The first kappa shape index (κ1) is 25.0. The summed E-state index contributed by atoms with van der Waals surface area (Å²) in [6.07, 6.45) is 1.76. The van der Waals surface area contributed by atoms with Crippen LogP contribution in [0.4, 0.5) is 4.79 Å². The van der Waals surface area contributed by atoms with Crippen molar-refractivity contribution < 1.29 is 23.9 Å². The van der Waals surface area contributed by atoms with Gasteiger partial charge in [0, 0.05) is 19.6 Å². The standard InChI is InChI=1S/C25H37N3O5/c1-16(2)21(23(30)26-14-19-11-8-12-32-19)27-22(29)20-13-17-9-6-7-10-18(17)15-28(20)24(31)33-25(3,4)5/h6-7,9-10,16,19-21H,8,11-15H2,1-5H3,(H,26,30)(H,27,29)/t19-,20+,21+/m1/s1. The number of ether oxygens (including phenoxy) is 2. The summed E-state index contributed by atoms with van der Waals surface area (Å²) in [6.45, 7) is 10.6. The van der Waals surface area contributed by atoms with Crippen molar-refractivity contribution in [3.63, 3.8) is 0 Å². The Labute approximate surface area is 196 Å². The van der Waals surface area contributed by atoms with E-state index in [0.29, 0.717) is 19.6 Å². The Hall–Kier alpha value is -2.61. The number of carbonyl (C=O) groups is 3. The molecule has 1 aromatic carbocycles. The lowest BCUT2D eigenvalue weighted by Crippen LogP contribution is -2.58. The summed E-state index contributed by atoms with van der Waals surface area (Å²) in [5, 5.41) is 5.81. The number of hydrogen-bond donors (Lipinski definition) is 2. The van der Waals surface area contributed by atoms with E-state index >= 15 is 0 Å². The zero-order valence-electron chi connectivity index (χ0n) is 20.3. The van der Waals surface area contributed by atoms with Crippen LogP contribution in [0, 0.1) is 5.92 Å². The second kappa shape index (κ2) is 10.5. The van der Waals surface area contributed by atoms with Gasteiger partial charge in [-0.25, -0.2) is 4.79 Å². The molecule has 2 aliphatic heterocycles. The Morgan fingerprint density at radius 2 is 1.88 bits per heavy atom. The van der Waals surface area contributed by atoms with Gasteiger partial charge in [0.25, 0.3) is 0 Å². The Bertz CT molecular complexity index is 858. The molecular formula is C25H37N3O5. The lowest BCUT2D eigenvalue weighted by molar-refractivity contribution is -0.133. The van der Waals surface area contributed by atoms with Crippen LogP contribution < -0.4 is 10.6 Å². The zero-order valence-corrected chi connectivity index (χ0v) is 20.3. The van der Waals surface area contributed by atoms with Crippen molar-refractivity contribution >= 4 is 17.9 Å². The average Bonchev–Trinajstić information content (AvgIpc) is 3.27. The lowest BCUT2D eigenvalue weighted by atomic mass is 9.93. The summed E-state index contributed by atoms with van der Waals surface area (Å²) in [6, 6.07) is 6.29. The summed E-state index contributed by atoms with van der Waals surface area (Å²) in [5.74, 6) is -0.723. The highest BCUT2D eigenvalue weighted by molar-refractivity contribution is 5.92. The molecule has 2 heterocycles. The maximum Gasteiger partial charge on any atom is 0.411 e. The van der Waals surface area contributed by atoms with Crippen LogP contribution in [0.3, 0.4) is 0 Å². The highest BCUT2D eigenvalue weighted by Gasteiger charge is 2.38. The zero-order chi connectivity index (χ0) is 24.2. The molecule has 0 unspecified atom stereocenters. The summed E-state index contributed by atoms with van der Waals surface area (Å²) < 4.78 is 11.2. The van der Waals surface area contributed by atoms with Crippen LogP contribution in [-0.4, -0.2) is 59.7 Å². The largest absolute Gasteiger partial charge is 0.444 e. The van der Waals surface area contributed by atoms with Crippen LogP contribution in [0.25, 0.3) is 0 Å². The van der Waals surface area contributed by atoms with Crippen LogP contribution >= 0.6 is 0 Å². The monoisotopic (exact) mass is 459 g/mol. The van der Waals surface area contributed by atoms with Crippen molar-refractivity contribution in [3.05, 3.63) is 35.4 Å². The van der Waals surface area contributed by atoms with Gasteiger partial charge in [-0.2, -0.15) is 0 Å². The molecule has 2 N–H and O–H groups in total. The van der Waals surface area contributed by atoms with E-state index in [4.69, 9.17) is 9.47 Å². The third-order valence-corrected chi connectivity index (χ3v) is 5.95. The molecular weight excluding hydrogens is 422 g/mol. The van der Waals surface area contributed by atoms with Gasteiger partial charge in [-0.05, 0) is 50.7 Å². The lowest BCUT2D eigenvalue weighted by Gasteiger charge is -2.37. The Balaban J connectivity index is 1.74. The fraction of sp³-hybridized carbons (Fsp3) is 0.640. The molecule has 0 spiro atoms. The minimum atomic E-state index is -0.762. The minimum absolute atomic E-state index is 0.0231. The summed E-state index contributed by atoms with van der Waals surface area (Å²) in [7, 11) is 0. The van der Waals surface area contributed by atoms with Gasteiger partial charge in [-0.3, -0.25) is 14.5 Å². The first-order valence-electron chi connectivity index (χ1n) is 11.8. The molecule has 8 heteroatoms. The van der Waals surface area contributed by atoms with Crippen molar-refractivity contribution in [3.8, 4) is 0 Å². The summed E-state index contributed by atoms with van der Waals surface area (Å²) >= 11 is 0. The topological polar surface area (TPSA) is 97.0 Å². The fourth-order valence-electron chi connectivity index (χ4n) is 4.18. The van der Waals surface area contributed by atoms with Gasteiger partial charge in [-0.1, -0.05) is 38.1 Å². The number of hydrogen-bond acceptors (Lipinski definition) is 5. The van der Waals surface area contributed by atoms with Gasteiger partial charge < -0.3 is 20.1 Å². The number of benzene rings is 1. The second-order valence-corrected chi connectivity index (χ2v) is 10.2. The summed E-state index contributed by atoms with van der Waals surface area (Å²) in [4.78, 5) is 40.7. The van der Waals surface area contributed by atoms with Crippen LogP contribution in [0.15, 0.2) is 24.3 Å². The Morgan fingerprint density at radius 1 is 1.18 bits per heavy atom. The van der Waals surface area contributed by atoms with E-state index in [1.165, 1.54) is 4.90 Å². The molecule has 8 nitrogen and oxygen atoms in total. The second-order valence-electron chi connectivity index (χ2n) is 10.2. The van der Waals surface area contributed by atoms with Gasteiger partial charge in [0.2, 0.25) is 11.8 Å². The first-order valence-corrected chi connectivity index (χ1v) is 11.8. The molecule has 0 aromatic heterocycles. The van der Waals surface area contributed by atoms with E-state index in [1.54, 1.807) is 20.8 Å². The van der Waals surface area contributed by atoms with E-state index in [2.05, 4.69) is 10.6 Å². The molecule has 3 rings (SSSR count). The van der Waals surface area contributed by atoms with Crippen molar-refractivity contribution in [1.82, 2.24) is 15.5 Å². The van der Waals surface area contributed by atoms with Crippen LogP contribution in [0.5, 0.6) is 0 Å². The molecule has 2 aliphatic rings. The molecule has 0 radical (unpaired) electrons. The van der Waals surface area contributed by atoms with Crippen LogP contribution in [0.2, 0.25) is 0 Å². The normalized spacial score (nSPS) is 21.3. The quantitative estimate of drug-likeness (QED) is 0.682. The smallest absolute Gasteiger partial charge is 0.411 e. The van der Waals surface area contributed by atoms with Gasteiger partial charge in [0.15, 0.2) is 0 Å². The SMILES string of the molecule is CC(C)[C@H](NC(=O)[C@@H]1Cc2ccccc2CN1C(=O)OC(C)(C)C)C(=O)NC[C@H]1CCCO1. The number of nitrogens with one attached hydrogen (secondary N) is 2. The van der Waals surface area contributed by atoms with Crippen molar-refractivity contribution in [1.29, 1.82) is 0 Å². The molecule has 33 heavy (non-hydrogen) atoms. The highest BCUT2D eigenvalue weighted by Crippen LogP contribution is 2.26. The molecule has 182 valence electrons. The van der Waals surface area contributed by atoms with Crippen molar-refractivity contribution in [2.24, 2.45) is 5.92 Å². The Kier molecular flexibility index (Phi) is 8.00. The van der Waals surface area contributed by atoms with E-state index in [1.807, 2.05) is 38.1 Å². The van der Waals surface area contributed by atoms with E-state index in [9.17, 15) is 14.4 Å². The van der Waals surface area contributed by atoms with Crippen LogP contribution in [-0.2, 0) is 32.0 Å². The van der Waals surface area contributed by atoms with Gasteiger partial charge >= 0.3 is 6.09 Å². The third kappa shape index (κ3) is 6.69. The molecule has 3 atom stereocenters. The first-order chi connectivity index (χ1) is 15.5. The summed E-state index contributed by atoms with van der Waals surface area (Å²) in [5.41, 5.74) is 1.32. The molecule has 1 saturated heterocycles. The Morgan fingerprint density at radius 3 is 2.48 bits per heavy atom. The van der Waals surface area contributed by atoms with Crippen LogP contribution in [0.1, 0.15) is 58.6 Å². The molecule has 3 amide bonds.